The Labute approximate surface area is 79.7 Å². The zero-order valence-electron chi connectivity index (χ0n) is 8.17. The third-order valence-corrected chi connectivity index (χ3v) is 3.16. The molecule has 0 amide bonds. The number of hydrogen-bond donors (Lipinski definition) is 1. The number of nitrogens with zero attached hydrogens (tertiary/aromatic N) is 1. The summed E-state index contributed by atoms with van der Waals surface area (Å²) in [5, 5.41) is 10.2. The summed E-state index contributed by atoms with van der Waals surface area (Å²) in [5.74, 6) is 0. The average molecular weight is 185 g/mol. The van der Waals surface area contributed by atoms with Gasteiger partial charge in [-0.1, -0.05) is 12.8 Å². The van der Waals surface area contributed by atoms with Crippen LogP contribution in [0.3, 0.4) is 0 Å². The molecule has 0 bridgehead atoms. The fourth-order valence-corrected chi connectivity index (χ4v) is 2.37. The van der Waals surface area contributed by atoms with Crippen molar-refractivity contribution in [3.05, 3.63) is 0 Å². The second-order valence-corrected chi connectivity index (χ2v) is 4.32. The highest BCUT2D eigenvalue weighted by atomic mass is 16.5. The lowest BCUT2D eigenvalue weighted by atomic mass is 10.0. The van der Waals surface area contributed by atoms with E-state index in [1.54, 1.807) is 0 Å². The molecule has 0 aromatic rings. The van der Waals surface area contributed by atoms with Crippen LogP contribution >= 0.6 is 0 Å². The number of morpholine rings is 1. The van der Waals surface area contributed by atoms with Crippen molar-refractivity contribution in [2.75, 3.05) is 32.8 Å². The molecule has 2 aliphatic rings. The fraction of sp³-hybridized carbons (Fsp3) is 1.00. The van der Waals surface area contributed by atoms with Crippen LogP contribution in [0.15, 0.2) is 0 Å². The van der Waals surface area contributed by atoms with Crippen LogP contribution in [0.4, 0.5) is 0 Å². The molecule has 0 atom stereocenters. The van der Waals surface area contributed by atoms with Gasteiger partial charge in [-0.25, -0.2) is 0 Å². The van der Waals surface area contributed by atoms with Crippen molar-refractivity contribution in [2.45, 2.75) is 31.3 Å². The van der Waals surface area contributed by atoms with Crippen molar-refractivity contribution in [1.82, 2.24) is 4.90 Å². The van der Waals surface area contributed by atoms with Gasteiger partial charge >= 0.3 is 0 Å². The number of aliphatic hydroxyl groups is 1. The molecule has 0 unspecified atom stereocenters. The fourth-order valence-electron chi connectivity index (χ4n) is 2.37. The van der Waals surface area contributed by atoms with E-state index >= 15 is 0 Å². The van der Waals surface area contributed by atoms with Crippen molar-refractivity contribution in [2.24, 2.45) is 0 Å². The molecule has 1 aliphatic heterocycles. The molecule has 3 heteroatoms. The van der Waals surface area contributed by atoms with Crippen molar-refractivity contribution < 1.29 is 9.84 Å². The summed E-state index contributed by atoms with van der Waals surface area (Å²) in [6, 6.07) is 0. The molecule has 2 rings (SSSR count). The summed E-state index contributed by atoms with van der Waals surface area (Å²) in [6.45, 7) is 4.49. The van der Waals surface area contributed by atoms with Gasteiger partial charge in [-0.2, -0.15) is 0 Å². The molecule has 0 aromatic carbocycles. The highest BCUT2D eigenvalue weighted by molar-refractivity contribution is 4.87. The summed E-state index contributed by atoms with van der Waals surface area (Å²) in [6.07, 6.45) is 4.37. The number of ether oxygens (including phenoxy) is 1. The molecule has 13 heavy (non-hydrogen) atoms. The second kappa shape index (κ2) is 3.95. The van der Waals surface area contributed by atoms with Crippen LogP contribution in [-0.4, -0.2) is 48.5 Å². The predicted octanol–water partition coefficient (Wildman–Crippen LogP) is 0.624. The van der Waals surface area contributed by atoms with E-state index in [1.165, 1.54) is 12.8 Å². The molecule has 0 aromatic heterocycles. The van der Waals surface area contributed by atoms with Gasteiger partial charge in [-0.15, -0.1) is 0 Å². The minimum atomic E-state index is -0.378. The molecule has 0 spiro atoms. The van der Waals surface area contributed by atoms with E-state index in [2.05, 4.69) is 4.90 Å². The Morgan fingerprint density at radius 3 is 2.38 bits per heavy atom. The lowest BCUT2D eigenvalue weighted by Gasteiger charge is -2.33. The predicted molar refractivity (Wildman–Crippen MR) is 50.7 cm³/mol. The standard InChI is InChI=1S/C10H19NO2/c12-10(3-1-2-4-10)9-11-5-7-13-8-6-11/h12H,1-9H2. The smallest absolute Gasteiger partial charge is 0.0774 e. The van der Waals surface area contributed by atoms with Crippen molar-refractivity contribution in [3.8, 4) is 0 Å². The first kappa shape index (κ1) is 9.44. The van der Waals surface area contributed by atoms with Crippen LogP contribution in [0.2, 0.25) is 0 Å². The maximum atomic E-state index is 10.2. The van der Waals surface area contributed by atoms with Crippen LogP contribution in [0.5, 0.6) is 0 Å². The van der Waals surface area contributed by atoms with Gasteiger partial charge in [0.15, 0.2) is 0 Å². The molecule has 0 radical (unpaired) electrons. The van der Waals surface area contributed by atoms with E-state index in [-0.39, 0.29) is 5.60 Å². The van der Waals surface area contributed by atoms with Crippen molar-refractivity contribution in [1.29, 1.82) is 0 Å². The highest BCUT2D eigenvalue weighted by Gasteiger charge is 2.33. The first-order chi connectivity index (χ1) is 6.29. The van der Waals surface area contributed by atoms with E-state index in [1.807, 2.05) is 0 Å². The number of hydrogen-bond acceptors (Lipinski definition) is 3. The summed E-state index contributed by atoms with van der Waals surface area (Å²) in [7, 11) is 0. The lowest BCUT2D eigenvalue weighted by molar-refractivity contribution is -0.0282. The summed E-state index contributed by atoms with van der Waals surface area (Å²) >= 11 is 0. The normalized spacial score (nSPS) is 29.3. The first-order valence-corrected chi connectivity index (χ1v) is 5.31. The molecule has 1 saturated heterocycles. The molecule has 1 aliphatic carbocycles. The van der Waals surface area contributed by atoms with Crippen LogP contribution in [0.25, 0.3) is 0 Å². The Hall–Kier alpha value is -0.120. The minimum absolute atomic E-state index is 0.378. The number of β-amino-alcohol motifs (C(OH)–C–C–N with tert-alkyl or cyclic N) is 1. The Morgan fingerprint density at radius 2 is 1.77 bits per heavy atom. The Kier molecular flexibility index (Phi) is 2.86. The van der Waals surface area contributed by atoms with Crippen LogP contribution in [-0.2, 0) is 4.74 Å². The third kappa shape index (κ3) is 2.42. The van der Waals surface area contributed by atoms with E-state index < -0.39 is 0 Å². The minimum Gasteiger partial charge on any atom is -0.389 e. The van der Waals surface area contributed by atoms with Crippen molar-refractivity contribution >= 4 is 0 Å². The zero-order valence-corrected chi connectivity index (χ0v) is 8.17. The quantitative estimate of drug-likeness (QED) is 0.684. The van der Waals surface area contributed by atoms with Gasteiger partial charge in [0.25, 0.3) is 0 Å². The second-order valence-electron chi connectivity index (χ2n) is 4.32. The summed E-state index contributed by atoms with van der Waals surface area (Å²) in [4.78, 5) is 2.33. The zero-order chi connectivity index (χ0) is 9.15. The first-order valence-electron chi connectivity index (χ1n) is 5.31. The van der Waals surface area contributed by atoms with E-state index in [9.17, 15) is 5.11 Å². The SMILES string of the molecule is OC1(CN2CCOCC2)CCCC1. The summed E-state index contributed by atoms with van der Waals surface area (Å²) < 4.78 is 5.27. The van der Waals surface area contributed by atoms with E-state index in [0.717, 1.165) is 45.7 Å². The molecule has 3 nitrogen and oxygen atoms in total. The van der Waals surface area contributed by atoms with Gasteiger partial charge in [0.05, 0.1) is 18.8 Å². The molecular formula is C10H19NO2. The molecule has 1 saturated carbocycles. The van der Waals surface area contributed by atoms with Crippen LogP contribution in [0.1, 0.15) is 25.7 Å². The maximum Gasteiger partial charge on any atom is 0.0774 e. The third-order valence-electron chi connectivity index (χ3n) is 3.16. The lowest BCUT2D eigenvalue weighted by Crippen LogP contribution is -2.46. The molecular weight excluding hydrogens is 166 g/mol. The topological polar surface area (TPSA) is 32.7 Å². The Morgan fingerprint density at radius 1 is 1.15 bits per heavy atom. The number of rotatable bonds is 2. The van der Waals surface area contributed by atoms with Crippen LogP contribution in [0, 0.1) is 0 Å². The maximum absolute atomic E-state index is 10.2. The van der Waals surface area contributed by atoms with Gasteiger partial charge in [0.1, 0.15) is 0 Å². The molecule has 76 valence electrons. The van der Waals surface area contributed by atoms with Gasteiger partial charge in [0.2, 0.25) is 0 Å². The van der Waals surface area contributed by atoms with Crippen LogP contribution < -0.4 is 0 Å². The van der Waals surface area contributed by atoms with E-state index in [4.69, 9.17) is 4.74 Å². The van der Waals surface area contributed by atoms with Gasteiger partial charge in [0, 0.05) is 19.6 Å². The Balaban J connectivity index is 1.81. The molecule has 1 heterocycles. The summed E-state index contributed by atoms with van der Waals surface area (Å²) in [5.41, 5.74) is -0.378. The van der Waals surface area contributed by atoms with Gasteiger partial charge < -0.3 is 9.84 Å². The monoisotopic (exact) mass is 185 g/mol. The largest absolute Gasteiger partial charge is 0.389 e. The van der Waals surface area contributed by atoms with Gasteiger partial charge in [-0.05, 0) is 12.8 Å². The van der Waals surface area contributed by atoms with E-state index in [0.29, 0.717) is 0 Å². The van der Waals surface area contributed by atoms with Gasteiger partial charge in [-0.3, -0.25) is 4.90 Å². The average Bonchev–Trinajstić information content (AvgIpc) is 2.54. The molecule has 1 N–H and O–H groups in total. The highest BCUT2D eigenvalue weighted by Crippen LogP contribution is 2.30. The Bertz CT molecular complexity index is 160. The molecule has 2 fully saturated rings. The van der Waals surface area contributed by atoms with Crippen molar-refractivity contribution in [3.63, 3.8) is 0 Å².